The fraction of sp³-hybridized carbons (Fsp3) is 0.450. The largest absolute Gasteiger partial charge is 0.416 e. The third-order valence-corrected chi connectivity index (χ3v) is 4.92. The number of aromatic nitrogens is 2. The van der Waals surface area contributed by atoms with E-state index in [9.17, 15) is 22.8 Å². The first-order chi connectivity index (χ1) is 13.6. The number of nitrogens with zero attached hydrogens (tertiary/aromatic N) is 2. The summed E-state index contributed by atoms with van der Waals surface area (Å²) in [5.74, 6) is -0.276. The van der Waals surface area contributed by atoms with Crippen molar-refractivity contribution in [1.82, 2.24) is 15.3 Å². The molecule has 1 saturated heterocycles. The topological polar surface area (TPSA) is 78.1 Å². The van der Waals surface area contributed by atoms with E-state index in [0.717, 1.165) is 44.1 Å². The van der Waals surface area contributed by atoms with Crippen LogP contribution in [0.25, 0.3) is 0 Å². The lowest BCUT2D eigenvalue weighted by Crippen LogP contribution is -2.34. The molecule has 1 aromatic heterocycles. The van der Waals surface area contributed by atoms with Crippen molar-refractivity contribution in [2.75, 3.05) is 18.0 Å². The fourth-order valence-electron chi connectivity index (χ4n) is 3.37. The Labute approximate surface area is 166 Å². The van der Waals surface area contributed by atoms with Crippen LogP contribution in [-0.4, -0.2) is 29.0 Å². The van der Waals surface area contributed by atoms with Gasteiger partial charge in [0.1, 0.15) is 5.69 Å². The van der Waals surface area contributed by atoms with Gasteiger partial charge in [-0.25, -0.2) is 4.98 Å². The summed E-state index contributed by atoms with van der Waals surface area (Å²) in [5.41, 5.74) is -0.650. The van der Waals surface area contributed by atoms with E-state index in [-0.39, 0.29) is 11.6 Å². The normalized spacial score (nSPS) is 15.6. The van der Waals surface area contributed by atoms with Crippen LogP contribution >= 0.6 is 0 Å². The Hall–Kier alpha value is -2.84. The van der Waals surface area contributed by atoms with Crippen molar-refractivity contribution >= 4 is 11.9 Å². The maximum absolute atomic E-state index is 12.8. The summed E-state index contributed by atoms with van der Waals surface area (Å²) in [5, 5.41) is 2.80. The highest BCUT2D eigenvalue weighted by Gasteiger charge is 2.30. The molecule has 1 amide bonds. The predicted octanol–water partition coefficient (Wildman–Crippen LogP) is 3.52. The Morgan fingerprint density at radius 3 is 2.34 bits per heavy atom. The van der Waals surface area contributed by atoms with Crippen LogP contribution < -0.4 is 15.8 Å². The smallest absolute Gasteiger partial charge is 0.344 e. The summed E-state index contributed by atoms with van der Waals surface area (Å²) < 4.78 is 38.4. The van der Waals surface area contributed by atoms with Gasteiger partial charge in [0.2, 0.25) is 5.95 Å². The molecule has 6 nitrogen and oxygen atoms in total. The van der Waals surface area contributed by atoms with Gasteiger partial charge in [0.15, 0.2) is 0 Å². The number of carbonyl (C=O) groups is 1. The number of halogens is 3. The van der Waals surface area contributed by atoms with Gasteiger partial charge in [0.05, 0.1) is 11.6 Å². The van der Waals surface area contributed by atoms with Crippen molar-refractivity contribution in [2.45, 2.75) is 38.9 Å². The maximum Gasteiger partial charge on any atom is 0.416 e. The zero-order valence-corrected chi connectivity index (χ0v) is 16.2. The summed E-state index contributed by atoms with van der Waals surface area (Å²) in [6.07, 6.45) is -2.44. The summed E-state index contributed by atoms with van der Waals surface area (Å²) in [6, 6.07) is 5.30. The number of aromatic amines is 1. The molecule has 2 N–H and O–H groups in total. The second-order valence-corrected chi connectivity index (χ2v) is 7.46. The average Bonchev–Trinajstić information content (AvgIpc) is 3.19. The summed E-state index contributed by atoms with van der Waals surface area (Å²) in [6.45, 7) is 5.22. The standard InChI is InChI=1S/C20H23F3N4O2/c1-12(2)17(13-5-7-14(8-6-13)20(21,22)23)26-18(29)15-11-16(28)25-19(24-15)27-9-3-4-10-27/h5-8,11-12,17H,3-4,9-10H2,1-2H3,(H,26,29)(H,24,25,28)/t17-/m1/s1. The Morgan fingerprint density at radius 1 is 1.17 bits per heavy atom. The van der Waals surface area contributed by atoms with Crippen LogP contribution in [0.2, 0.25) is 0 Å². The number of hydrogen-bond acceptors (Lipinski definition) is 4. The van der Waals surface area contributed by atoms with E-state index in [4.69, 9.17) is 0 Å². The molecule has 0 unspecified atom stereocenters. The lowest BCUT2D eigenvalue weighted by molar-refractivity contribution is -0.137. The second-order valence-electron chi connectivity index (χ2n) is 7.46. The number of carbonyl (C=O) groups excluding carboxylic acids is 1. The lowest BCUT2D eigenvalue weighted by Gasteiger charge is -2.23. The van der Waals surface area contributed by atoms with E-state index < -0.39 is 29.2 Å². The Bertz CT molecular complexity index is 917. The number of hydrogen-bond donors (Lipinski definition) is 2. The molecule has 1 atom stereocenters. The highest BCUT2D eigenvalue weighted by Crippen LogP contribution is 2.31. The van der Waals surface area contributed by atoms with Crippen LogP contribution in [0.4, 0.5) is 19.1 Å². The molecule has 2 heterocycles. The zero-order chi connectivity index (χ0) is 21.2. The maximum atomic E-state index is 12.8. The minimum atomic E-state index is -4.42. The molecule has 1 aliphatic rings. The van der Waals surface area contributed by atoms with Crippen molar-refractivity contribution in [2.24, 2.45) is 5.92 Å². The molecule has 0 radical (unpaired) electrons. The SMILES string of the molecule is CC(C)[C@@H](NC(=O)c1cc(=O)[nH]c(N2CCCC2)n1)c1ccc(C(F)(F)F)cc1. The predicted molar refractivity (Wildman–Crippen MR) is 103 cm³/mol. The van der Waals surface area contributed by atoms with Crippen molar-refractivity contribution in [1.29, 1.82) is 0 Å². The molecule has 1 fully saturated rings. The van der Waals surface area contributed by atoms with Crippen LogP contribution in [0.15, 0.2) is 35.1 Å². The number of nitrogens with one attached hydrogen (secondary N) is 2. The number of H-pyrrole nitrogens is 1. The molecule has 0 saturated carbocycles. The van der Waals surface area contributed by atoms with Crippen molar-refractivity contribution in [3.63, 3.8) is 0 Å². The molecule has 29 heavy (non-hydrogen) atoms. The molecule has 0 spiro atoms. The van der Waals surface area contributed by atoms with Gasteiger partial charge in [-0.15, -0.1) is 0 Å². The summed E-state index contributed by atoms with van der Waals surface area (Å²) >= 11 is 0. The van der Waals surface area contributed by atoms with Crippen LogP contribution in [0.5, 0.6) is 0 Å². The van der Waals surface area contributed by atoms with Crippen molar-refractivity contribution < 1.29 is 18.0 Å². The molecule has 0 bridgehead atoms. The van der Waals surface area contributed by atoms with Crippen LogP contribution in [0.1, 0.15) is 54.3 Å². The number of benzene rings is 1. The molecule has 1 aliphatic heterocycles. The molecular weight excluding hydrogens is 385 g/mol. The molecule has 3 rings (SSSR count). The van der Waals surface area contributed by atoms with E-state index >= 15 is 0 Å². The van der Waals surface area contributed by atoms with Crippen molar-refractivity contribution in [3.8, 4) is 0 Å². The minimum absolute atomic E-state index is 0.0202. The number of alkyl halides is 3. The van der Waals surface area contributed by atoms with Gasteiger partial charge in [0, 0.05) is 19.2 Å². The van der Waals surface area contributed by atoms with Crippen LogP contribution in [-0.2, 0) is 6.18 Å². The Kier molecular flexibility index (Phi) is 5.95. The van der Waals surface area contributed by atoms with Crippen LogP contribution in [0, 0.1) is 5.92 Å². The van der Waals surface area contributed by atoms with E-state index in [2.05, 4.69) is 15.3 Å². The summed E-state index contributed by atoms with van der Waals surface area (Å²) in [7, 11) is 0. The molecule has 2 aromatic rings. The molecular formula is C20H23F3N4O2. The monoisotopic (exact) mass is 408 g/mol. The number of anilines is 1. The van der Waals surface area contributed by atoms with Gasteiger partial charge in [0.25, 0.3) is 11.5 Å². The summed E-state index contributed by atoms with van der Waals surface area (Å²) in [4.78, 5) is 33.6. The van der Waals surface area contributed by atoms with Gasteiger partial charge in [-0.1, -0.05) is 26.0 Å². The van der Waals surface area contributed by atoms with Gasteiger partial charge in [-0.05, 0) is 36.5 Å². The fourth-order valence-corrected chi connectivity index (χ4v) is 3.37. The highest BCUT2D eigenvalue weighted by atomic mass is 19.4. The van der Waals surface area contributed by atoms with Crippen LogP contribution in [0.3, 0.4) is 0 Å². The van der Waals surface area contributed by atoms with Gasteiger partial charge < -0.3 is 10.2 Å². The van der Waals surface area contributed by atoms with E-state index in [0.29, 0.717) is 11.5 Å². The van der Waals surface area contributed by atoms with E-state index in [1.165, 1.54) is 12.1 Å². The zero-order valence-electron chi connectivity index (χ0n) is 16.2. The molecule has 156 valence electrons. The van der Waals surface area contributed by atoms with Gasteiger partial charge in [-0.3, -0.25) is 14.6 Å². The van der Waals surface area contributed by atoms with E-state index in [1.54, 1.807) is 0 Å². The van der Waals surface area contributed by atoms with Gasteiger partial charge in [-0.2, -0.15) is 13.2 Å². The lowest BCUT2D eigenvalue weighted by atomic mass is 9.95. The second kappa shape index (κ2) is 8.26. The Morgan fingerprint density at radius 2 is 1.79 bits per heavy atom. The first-order valence-corrected chi connectivity index (χ1v) is 9.49. The quantitative estimate of drug-likeness (QED) is 0.794. The molecule has 1 aromatic carbocycles. The van der Waals surface area contributed by atoms with Gasteiger partial charge >= 0.3 is 6.18 Å². The minimum Gasteiger partial charge on any atom is -0.344 e. The average molecular weight is 408 g/mol. The van der Waals surface area contributed by atoms with Crippen molar-refractivity contribution in [3.05, 3.63) is 57.5 Å². The van der Waals surface area contributed by atoms with E-state index in [1.807, 2.05) is 18.7 Å². The molecule has 9 heteroatoms. The third-order valence-electron chi connectivity index (χ3n) is 4.92. The first kappa shape index (κ1) is 20.9. The first-order valence-electron chi connectivity index (χ1n) is 9.49. The molecule has 0 aliphatic carbocycles. The number of amides is 1. The third kappa shape index (κ3) is 4.96. The highest BCUT2D eigenvalue weighted by molar-refractivity contribution is 5.92. The Balaban J connectivity index is 1.82. The number of rotatable bonds is 5.